The Labute approximate surface area is 69.5 Å². The third kappa shape index (κ3) is 0.967. The van der Waals surface area contributed by atoms with Gasteiger partial charge in [0, 0.05) is 6.20 Å². The van der Waals surface area contributed by atoms with Crippen LogP contribution in [0.1, 0.15) is 18.9 Å². The molecule has 1 N–H and O–H groups in total. The van der Waals surface area contributed by atoms with Gasteiger partial charge in [-0.2, -0.15) is 0 Å². The first-order chi connectivity index (χ1) is 5.79. The summed E-state index contributed by atoms with van der Waals surface area (Å²) in [7, 11) is 0. The van der Waals surface area contributed by atoms with Gasteiger partial charge in [-0.25, -0.2) is 0 Å². The van der Waals surface area contributed by atoms with Crippen molar-refractivity contribution in [2.45, 2.75) is 13.0 Å². The zero-order chi connectivity index (χ0) is 8.55. The molecule has 2 heterocycles. The fraction of sp³-hybridized carbons (Fsp3) is 0.250. The predicted molar refractivity (Wildman–Crippen MR) is 43.6 cm³/mol. The van der Waals surface area contributed by atoms with E-state index in [1.807, 2.05) is 24.4 Å². The van der Waals surface area contributed by atoms with Gasteiger partial charge < -0.3 is 5.11 Å². The topological polar surface area (TPSA) is 50.4 Å². The molecule has 0 saturated heterocycles. The van der Waals surface area contributed by atoms with Gasteiger partial charge in [0.05, 0.1) is 0 Å². The summed E-state index contributed by atoms with van der Waals surface area (Å²) in [6.07, 6.45) is 1.25. The summed E-state index contributed by atoms with van der Waals surface area (Å²) >= 11 is 0. The highest BCUT2D eigenvalue weighted by atomic mass is 16.3. The van der Waals surface area contributed by atoms with Gasteiger partial charge in [0.1, 0.15) is 6.10 Å². The van der Waals surface area contributed by atoms with Crippen molar-refractivity contribution in [1.82, 2.24) is 14.6 Å². The van der Waals surface area contributed by atoms with E-state index in [2.05, 4.69) is 10.2 Å². The van der Waals surface area contributed by atoms with E-state index >= 15 is 0 Å². The number of aliphatic hydroxyl groups excluding tert-OH is 1. The lowest BCUT2D eigenvalue weighted by atomic mass is 10.4. The molecule has 0 aliphatic carbocycles. The quantitative estimate of drug-likeness (QED) is 0.676. The molecule has 0 spiro atoms. The second-order valence-corrected chi connectivity index (χ2v) is 2.66. The number of nitrogens with zero attached hydrogens (tertiary/aromatic N) is 3. The van der Waals surface area contributed by atoms with Gasteiger partial charge in [0.15, 0.2) is 11.5 Å². The molecule has 0 fully saturated rings. The van der Waals surface area contributed by atoms with E-state index < -0.39 is 6.10 Å². The first-order valence-corrected chi connectivity index (χ1v) is 3.77. The third-order valence-corrected chi connectivity index (χ3v) is 1.71. The fourth-order valence-corrected chi connectivity index (χ4v) is 1.14. The molecule has 12 heavy (non-hydrogen) atoms. The number of hydrogen-bond donors (Lipinski definition) is 1. The summed E-state index contributed by atoms with van der Waals surface area (Å²) in [5.74, 6) is 0.575. The number of hydrogen-bond acceptors (Lipinski definition) is 3. The molecule has 0 aliphatic heterocycles. The summed E-state index contributed by atoms with van der Waals surface area (Å²) in [6.45, 7) is 1.67. The van der Waals surface area contributed by atoms with Crippen LogP contribution < -0.4 is 0 Å². The van der Waals surface area contributed by atoms with Crippen LogP contribution in [-0.2, 0) is 0 Å². The standard InChI is InChI=1S/C8H9N3O/c1-6(12)8-10-9-7-4-2-3-5-11(7)8/h2-6,12H,1H3. The zero-order valence-corrected chi connectivity index (χ0v) is 6.68. The van der Waals surface area contributed by atoms with Crippen molar-refractivity contribution in [3.8, 4) is 0 Å². The zero-order valence-electron chi connectivity index (χ0n) is 6.68. The summed E-state index contributed by atoms with van der Waals surface area (Å²) < 4.78 is 1.77. The van der Waals surface area contributed by atoms with Crippen LogP contribution in [0.4, 0.5) is 0 Å². The molecule has 1 unspecified atom stereocenters. The van der Waals surface area contributed by atoms with Crippen LogP contribution in [0.3, 0.4) is 0 Å². The molecule has 2 aromatic heterocycles. The second kappa shape index (κ2) is 2.57. The minimum absolute atomic E-state index is 0.575. The molecular formula is C8H9N3O. The molecule has 1 atom stereocenters. The molecule has 0 aliphatic rings. The van der Waals surface area contributed by atoms with Gasteiger partial charge in [-0.15, -0.1) is 10.2 Å². The number of fused-ring (bicyclic) bond motifs is 1. The summed E-state index contributed by atoms with van der Waals surface area (Å²) in [5.41, 5.74) is 0.758. The molecule has 4 heteroatoms. The maximum Gasteiger partial charge on any atom is 0.166 e. The minimum Gasteiger partial charge on any atom is -0.385 e. The number of aliphatic hydroxyl groups is 1. The number of pyridine rings is 1. The van der Waals surface area contributed by atoms with Gasteiger partial charge in [0.2, 0.25) is 0 Å². The molecule has 0 aromatic carbocycles. The maximum absolute atomic E-state index is 9.29. The lowest BCUT2D eigenvalue weighted by Gasteiger charge is -1.99. The second-order valence-electron chi connectivity index (χ2n) is 2.66. The van der Waals surface area contributed by atoms with E-state index in [1.54, 1.807) is 11.3 Å². The normalized spacial score (nSPS) is 13.5. The molecule has 2 aromatic rings. The number of rotatable bonds is 1. The Kier molecular flexibility index (Phi) is 1.55. The van der Waals surface area contributed by atoms with Crippen LogP contribution in [0, 0.1) is 0 Å². The van der Waals surface area contributed by atoms with Crippen LogP contribution in [0.5, 0.6) is 0 Å². The lowest BCUT2D eigenvalue weighted by Crippen LogP contribution is -1.98. The van der Waals surface area contributed by atoms with Crippen LogP contribution in [-0.4, -0.2) is 19.7 Å². The average Bonchev–Trinajstić information content (AvgIpc) is 2.47. The Hall–Kier alpha value is -1.42. The molecular weight excluding hydrogens is 154 g/mol. The van der Waals surface area contributed by atoms with Crippen molar-refractivity contribution >= 4 is 5.65 Å². The summed E-state index contributed by atoms with van der Waals surface area (Å²) in [6, 6.07) is 5.61. The largest absolute Gasteiger partial charge is 0.385 e. The Morgan fingerprint density at radius 2 is 2.25 bits per heavy atom. The van der Waals surface area contributed by atoms with Crippen LogP contribution in [0.2, 0.25) is 0 Å². The molecule has 0 radical (unpaired) electrons. The van der Waals surface area contributed by atoms with Crippen molar-refractivity contribution in [2.24, 2.45) is 0 Å². The van der Waals surface area contributed by atoms with Gasteiger partial charge >= 0.3 is 0 Å². The van der Waals surface area contributed by atoms with E-state index in [4.69, 9.17) is 0 Å². The Morgan fingerprint density at radius 1 is 1.42 bits per heavy atom. The maximum atomic E-state index is 9.29. The van der Waals surface area contributed by atoms with Crippen LogP contribution in [0.25, 0.3) is 5.65 Å². The highest BCUT2D eigenvalue weighted by molar-refractivity contribution is 5.37. The monoisotopic (exact) mass is 163 g/mol. The lowest BCUT2D eigenvalue weighted by molar-refractivity contribution is 0.187. The molecule has 62 valence electrons. The van der Waals surface area contributed by atoms with Crippen LogP contribution in [0.15, 0.2) is 24.4 Å². The minimum atomic E-state index is -0.581. The smallest absolute Gasteiger partial charge is 0.166 e. The molecule has 0 saturated carbocycles. The Balaban J connectivity index is 2.70. The highest BCUT2D eigenvalue weighted by Gasteiger charge is 2.08. The van der Waals surface area contributed by atoms with E-state index in [9.17, 15) is 5.11 Å². The van der Waals surface area contributed by atoms with Crippen molar-refractivity contribution in [2.75, 3.05) is 0 Å². The fourth-order valence-electron chi connectivity index (χ4n) is 1.14. The predicted octanol–water partition coefficient (Wildman–Crippen LogP) is 0.783. The Bertz CT molecular complexity index is 394. The molecule has 4 nitrogen and oxygen atoms in total. The number of aromatic nitrogens is 3. The molecule has 0 amide bonds. The van der Waals surface area contributed by atoms with Crippen molar-refractivity contribution in [3.63, 3.8) is 0 Å². The van der Waals surface area contributed by atoms with Crippen molar-refractivity contribution in [3.05, 3.63) is 30.2 Å². The Morgan fingerprint density at radius 3 is 3.00 bits per heavy atom. The van der Waals surface area contributed by atoms with E-state index in [0.717, 1.165) is 5.65 Å². The van der Waals surface area contributed by atoms with Gasteiger partial charge in [-0.05, 0) is 19.1 Å². The SMILES string of the molecule is CC(O)c1nnc2ccccn12. The van der Waals surface area contributed by atoms with E-state index in [1.165, 1.54) is 0 Å². The molecule has 2 rings (SSSR count). The summed E-state index contributed by atoms with van der Waals surface area (Å²) in [4.78, 5) is 0. The summed E-state index contributed by atoms with van der Waals surface area (Å²) in [5, 5.41) is 17.0. The average molecular weight is 163 g/mol. The van der Waals surface area contributed by atoms with E-state index in [-0.39, 0.29) is 0 Å². The first-order valence-electron chi connectivity index (χ1n) is 3.77. The highest BCUT2D eigenvalue weighted by Crippen LogP contribution is 2.10. The van der Waals surface area contributed by atoms with Gasteiger partial charge in [0.25, 0.3) is 0 Å². The molecule has 0 bridgehead atoms. The first kappa shape index (κ1) is 7.24. The van der Waals surface area contributed by atoms with Crippen LogP contribution >= 0.6 is 0 Å². The third-order valence-electron chi connectivity index (χ3n) is 1.71. The van der Waals surface area contributed by atoms with E-state index in [0.29, 0.717) is 5.82 Å². The van der Waals surface area contributed by atoms with Gasteiger partial charge in [-0.3, -0.25) is 4.40 Å². The van der Waals surface area contributed by atoms with Gasteiger partial charge in [-0.1, -0.05) is 6.07 Å². The van der Waals surface area contributed by atoms with Crippen molar-refractivity contribution in [1.29, 1.82) is 0 Å². The van der Waals surface area contributed by atoms with Crippen molar-refractivity contribution < 1.29 is 5.11 Å².